The molecule has 0 unspecified atom stereocenters. The minimum atomic E-state index is -0.283. The number of aryl methyl sites for hydroxylation is 3. The summed E-state index contributed by atoms with van der Waals surface area (Å²) in [6, 6.07) is 4.23. The van der Waals surface area contributed by atoms with Crippen LogP contribution >= 0.6 is 11.3 Å². The fourth-order valence-corrected chi connectivity index (χ4v) is 3.82. The molecule has 0 radical (unpaired) electrons. The third-order valence-corrected chi connectivity index (χ3v) is 5.05. The maximum absolute atomic E-state index is 5.67. The van der Waals surface area contributed by atoms with Crippen molar-refractivity contribution < 1.29 is 9.47 Å². The van der Waals surface area contributed by atoms with Crippen molar-refractivity contribution in [1.29, 1.82) is 0 Å². The lowest BCUT2D eigenvalue weighted by molar-refractivity contribution is -0.201. The monoisotopic (exact) mass is 278 g/mol. The molecule has 1 aliphatic rings. The highest BCUT2D eigenvalue weighted by Gasteiger charge is 2.44. The number of thiazole rings is 1. The van der Waals surface area contributed by atoms with Crippen molar-refractivity contribution >= 4 is 11.3 Å². The van der Waals surface area contributed by atoms with Gasteiger partial charge in [0.05, 0.1) is 23.8 Å². The predicted molar refractivity (Wildman–Crippen MR) is 75.2 cm³/mol. The van der Waals surface area contributed by atoms with E-state index in [1.165, 1.54) is 16.3 Å². The Kier molecular flexibility index (Phi) is 3.00. The Morgan fingerprint density at radius 1 is 1.26 bits per heavy atom. The van der Waals surface area contributed by atoms with Crippen LogP contribution in [0.5, 0.6) is 0 Å². The Hall–Kier alpha value is -1.17. The highest BCUT2D eigenvalue weighted by atomic mass is 32.1. The fraction of sp³-hybridized carbons (Fsp3) is 0.500. The highest BCUT2D eigenvalue weighted by molar-refractivity contribution is 7.14. The summed E-state index contributed by atoms with van der Waals surface area (Å²) < 4.78 is 13.2. The molecule has 4 nitrogen and oxygen atoms in total. The van der Waals surface area contributed by atoms with Crippen molar-refractivity contribution in [1.82, 2.24) is 9.55 Å². The van der Waals surface area contributed by atoms with E-state index in [-0.39, 0.29) is 5.60 Å². The van der Waals surface area contributed by atoms with Crippen LogP contribution in [0.4, 0.5) is 0 Å². The van der Waals surface area contributed by atoms with Crippen LogP contribution in [0.1, 0.15) is 22.0 Å². The van der Waals surface area contributed by atoms with Gasteiger partial charge in [-0.2, -0.15) is 0 Å². The van der Waals surface area contributed by atoms with Gasteiger partial charge >= 0.3 is 0 Å². The van der Waals surface area contributed by atoms with E-state index >= 15 is 0 Å². The first-order valence-corrected chi connectivity index (χ1v) is 7.15. The Labute approximate surface area is 117 Å². The van der Waals surface area contributed by atoms with Gasteiger partial charge in [-0.3, -0.25) is 4.57 Å². The average molecular weight is 278 g/mol. The van der Waals surface area contributed by atoms with E-state index in [1.54, 1.807) is 18.4 Å². The van der Waals surface area contributed by atoms with Crippen LogP contribution in [-0.2, 0) is 15.1 Å². The molecule has 102 valence electrons. The van der Waals surface area contributed by atoms with Gasteiger partial charge in [0.1, 0.15) is 0 Å². The largest absolute Gasteiger partial charge is 0.374 e. The quantitative estimate of drug-likeness (QED) is 0.866. The van der Waals surface area contributed by atoms with E-state index in [9.17, 15) is 0 Å². The summed E-state index contributed by atoms with van der Waals surface area (Å²) in [6.07, 6.45) is 0. The Bertz CT molecular complexity index is 586. The Morgan fingerprint density at radius 3 is 2.37 bits per heavy atom. The molecule has 0 N–H and O–H groups in total. The van der Waals surface area contributed by atoms with Crippen molar-refractivity contribution in [2.75, 3.05) is 20.3 Å². The average Bonchev–Trinajstić information content (AvgIpc) is 2.83. The Balaban J connectivity index is 2.07. The van der Waals surface area contributed by atoms with Crippen LogP contribution in [-0.4, -0.2) is 29.9 Å². The molecule has 2 aromatic rings. The van der Waals surface area contributed by atoms with Gasteiger partial charge < -0.3 is 9.47 Å². The number of aromatic nitrogens is 2. The summed E-state index contributed by atoms with van der Waals surface area (Å²) in [4.78, 5) is 5.90. The van der Waals surface area contributed by atoms with E-state index in [1.807, 2.05) is 6.92 Å². The molecular weight excluding hydrogens is 260 g/mol. The lowest BCUT2D eigenvalue weighted by atomic mass is 9.99. The van der Waals surface area contributed by atoms with E-state index in [4.69, 9.17) is 14.5 Å². The summed E-state index contributed by atoms with van der Waals surface area (Å²) >= 11 is 1.70. The lowest BCUT2D eigenvalue weighted by Crippen LogP contribution is -2.48. The van der Waals surface area contributed by atoms with Crippen LogP contribution in [0.15, 0.2) is 12.1 Å². The molecule has 1 fully saturated rings. The van der Waals surface area contributed by atoms with Crippen molar-refractivity contribution in [2.45, 2.75) is 26.4 Å². The molecular formula is C14H18N2O2S. The van der Waals surface area contributed by atoms with Crippen molar-refractivity contribution in [3.63, 3.8) is 0 Å². The lowest BCUT2D eigenvalue weighted by Gasteiger charge is -2.39. The fourth-order valence-electron chi connectivity index (χ4n) is 2.50. The van der Waals surface area contributed by atoms with Crippen LogP contribution in [0.3, 0.4) is 0 Å². The van der Waals surface area contributed by atoms with Crippen LogP contribution < -0.4 is 0 Å². The zero-order valence-electron chi connectivity index (χ0n) is 11.7. The first kappa shape index (κ1) is 12.8. The molecule has 0 bridgehead atoms. The maximum Gasteiger partial charge on any atom is 0.194 e. The van der Waals surface area contributed by atoms with Crippen molar-refractivity contribution in [3.8, 4) is 5.13 Å². The number of hydrogen-bond acceptors (Lipinski definition) is 4. The van der Waals surface area contributed by atoms with Crippen LogP contribution in [0.2, 0.25) is 0 Å². The molecule has 0 amide bonds. The van der Waals surface area contributed by atoms with Gasteiger partial charge in [-0.15, -0.1) is 0 Å². The number of hydrogen-bond donors (Lipinski definition) is 0. The molecule has 0 saturated carbocycles. The Morgan fingerprint density at radius 2 is 1.89 bits per heavy atom. The van der Waals surface area contributed by atoms with Crippen LogP contribution in [0.25, 0.3) is 5.13 Å². The summed E-state index contributed by atoms with van der Waals surface area (Å²) in [5.41, 5.74) is 3.16. The molecule has 19 heavy (non-hydrogen) atoms. The molecule has 5 heteroatoms. The number of rotatable bonds is 3. The van der Waals surface area contributed by atoms with Gasteiger partial charge in [0.15, 0.2) is 10.7 Å². The number of ether oxygens (including phenoxy) is 2. The van der Waals surface area contributed by atoms with E-state index < -0.39 is 0 Å². The second-order valence-corrected chi connectivity index (χ2v) is 6.03. The molecule has 3 heterocycles. The van der Waals surface area contributed by atoms with Gasteiger partial charge in [-0.1, -0.05) is 11.3 Å². The standard InChI is InChI=1S/C14H18N2O2S/c1-9-5-6-10(2)16(9)13-15-11(3)12(19-13)14(17-4)7-18-8-14/h5-6H,7-8H2,1-4H3. The third-order valence-electron chi connectivity index (χ3n) is 3.72. The number of methoxy groups -OCH3 is 1. The van der Waals surface area contributed by atoms with Gasteiger partial charge in [-0.25, -0.2) is 4.98 Å². The number of nitrogens with zero attached hydrogens (tertiary/aromatic N) is 2. The van der Waals surface area contributed by atoms with Crippen molar-refractivity contribution in [2.24, 2.45) is 0 Å². The SMILES string of the molecule is COC1(c2sc(-n3c(C)ccc3C)nc2C)COC1. The minimum Gasteiger partial charge on any atom is -0.374 e. The second-order valence-electron chi connectivity index (χ2n) is 5.05. The molecule has 0 spiro atoms. The topological polar surface area (TPSA) is 36.3 Å². The third kappa shape index (κ3) is 1.84. The molecule has 0 aliphatic carbocycles. The second kappa shape index (κ2) is 4.44. The molecule has 1 aliphatic heterocycles. The van der Waals surface area contributed by atoms with E-state index in [0.29, 0.717) is 13.2 Å². The first-order chi connectivity index (χ1) is 9.07. The molecule has 2 aromatic heterocycles. The summed E-state index contributed by atoms with van der Waals surface area (Å²) in [7, 11) is 1.74. The maximum atomic E-state index is 5.67. The van der Waals surface area contributed by atoms with Gasteiger partial charge in [0, 0.05) is 18.5 Å². The first-order valence-electron chi connectivity index (χ1n) is 6.33. The minimum absolute atomic E-state index is 0.283. The molecule has 1 saturated heterocycles. The zero-order valence-corrected chi connectivity index (χ0v) is 12.5. The van der Waals surface area contributed by atoms with Gasteiger partial charge in [0.2, 0.25) is 0 Å². The van der Waals surface area contributed by atoms with Gasteiger partial charge in [0.25, 0.3) is 0 Å². The highest BCUT2D eigenvalue weighted by Crippen LogP contribution is 2.39. The molecule has 0 atom stereocenters. The predicted octanol–water partition coefficient (Wildman–Crippen LogP) is 2.73. The van der Waals surface area contributed by atoms with Gasteiger partial charge in [-0.05, 0) is 32.9 Å². The smallest absolute Gasteiger partial charge is 0.194 e. The summed E-state index contributed by atoms with van der Waals surface area (Å²) in [5, 5.41) is 1.01. The van der Waals surface area contributed by atoms with E-state index in [0.717, 1.165) is 10.8 Å². The van der Waals surface area contributed by atoms with Crippen LogP contribution in [0, 0.1) is 20.8 Å². The molecule has 0 aromatic carbocycles. The summed E-state index contributed by atoms with van der Waals surface area (Å²) in [5.74, 6) is 0. The normalized spacial score (nSPS) is 17.5. The summed E-state index contributed by atoms with van der Waals surface area (Å²) in [6.45, 7) is 7.48. The zero-order chi connectivity index (χ0) is 13.6. The van der Waals surface area contributed by atoms with Crippen molar-refractivity contribution in [3.05, 3.63) is 34.1 Å². The molecule has 3 rings (SSSR count). The van der Waals surface area contributed by atoms with E-state index in [2.05, 4.69) is 30.5 Å².